The first-order valence-corrected chi connectivity index (χ1v) is 12.4. The van der Waals surface area contributed by atoms with Crippen LogP contribution in [-0.4, -0.2) is 88.0 Å². The number of rotatable bonds is 5. The Bertz CT molecular complexity index is 1210. The first-order chi connectivity index (χ1) is 16.8. The molecular formula is C26H33FN6O2. The number of hydrogen-bond acceptors (Lipinski definition) is 6. The van der Waals surface area contributed by atoms with Crippen molar-refractivity contribution in [2.45, 2.75) is 38.6 Å². The average molecular weight is 481 g/mol. The Morgan fingerprint density at radius 3 is 2.31 bits per heavy atom. The molecule has 5 rings (SSSR count). The summed E-state index contributed by atoms with van der Waals surface area (Å²) in [5.41, 5.74) is 2.86. The van der Waals surface area contributed by atoms with Gasteiger partial charge in [0, 0.05) is 32.2 Å². The van der Waals surface area contributed by atoms with Crippen LogP contribution in [0.5, 0.6) is 0 Å². The van der Waals surface area contributed by atoms with E-state index in [2.05, 4.69) is 40.6 Å². The van der Waals surface area contributed by atoms with Crippen molar-refractivity contribution in [2.75, 3.05) is 51.2 Å². The van der Waals surface area contributed by atoms with E-state index in [0.29, 0.717) is 17.4 Å². The van der Waals surface area contributed by atoms with Crippen LogP contribution in [0.1, 0.15) is 48.8 Å². The van der Waals surface area contributed by atoms with Crippen molar-refractivity contribution in [1.82, 2.24) is 24.6 Å². The van der Waals surface area contributed by atoms with Crippen molar-refractivity contribution < 1.29 is 14.3 Å². The maximum Gasteiger partial charge on any atom is 0.354 e. The molecule has 186 valence electrons. The minimum atomic E-state index is -1.07. The van der Waals surface area contributed by atoms with Gasteiger partial charge in [-0.15, -0.1) is 0 Å². The number of aromatic nitrogens is 3. The number of carbonyl (C=O) groups is 1. The van der Waals surface area contributed by atoms with Crippen molar-refractivity contribution in [3.8, 4) is 5.69 Å². The maximum atomic E-state index is 13.6. The van der Waals surface area contributed by atoms with Gasteiger partial charge in [0.05, 0.1) is 22.5 Å². The molecule has 2 saturated heterocycles. The smallest absolute Gasteiger partial charge is 0.354 e. The van der Waals surface area contributed by atoms with Crippen LogP contribution < -0.4 is 4.90 Å². The third kappa shape index (κ3) is 4.62. The molecule has 0 amide bonds. The van der Waals surface area contributed by atoms with E-state index in [1.807, 2.05) is 0 Å². The Hall–Kier alpha value is -3.04. The van der Waals surface area contributed by atoms with Crippen LogP contribution in [0.25, 0.3) is 16.7 Å². The minimum absolute atomic E-state index is 0.0104. The van der Waals surface area contributed by atoms with Gasteiger partial charge in [-0.05, 0) is 69.2 Å². The Morgan fingerprint density at radius 2 is 1.71 bits per heavy atom. The topological polar surface area (TPSA) is 77.7 Å². The summed E-state index contributed by atoms with van der Waals surface area (Å²) in [6.45, 7) is 9.96. The second-order valence-electron chi connectivity index (χ2n) is 10.0. The van der Waals surface area contributed by atoms with Crippen LogP contribution in [0.15, 0.2) is 30.3 Å². The third-order valence-corrected chi connectivity index (χ3v) is 7.34. The van der Waals surface area contributed by atoms with Gasteiger partial charge in [0.2, 0.25) is 0 Å². The fourth-order valence-corrected chi connectivity index (χ4v) is 5.34. The van der Waals surface area contributed by atoms with E-state index in [1.165, 1.54) is 25.0 Å². The zero-order valence-electron chi connectivity index (χ0n) is 20.6. The van der Waals surface area contributed by atoms with Crippen molar-refractivity contribution in [1.29, 1.82) is 0 Å². The summed E-state index contributed by atoms with van der Waals surface area (Å²) in [7, 11) is 2.18. The number of likely N-dealkylation sites (tertiary alicyclic amines) is 1. The molecule has 1 N–H and O–H groups in total. The number of aromatic carboxylic acids is 1. The molecule has 35 heavy (non-hydrogen) atoms. The zero-order chi connectivity index (χ0) is 24.7. The van der Waals surface area contributed by atoms with E-state index >= 15 is 0 Å². The molecule has 0 atom stereocenters. The molecule has 2 aromatic heterocycles. The number of fused-ring (bicyclic) bond motifs is 1. The first kappa shape index (κ1) is 23.7. The van der Waals surface area contributed by atoms with Crippen molar-refractivity contribution >= 4 is 22.7 Å². The van der Waals surface area contributed by atoms with Crippen molar-refractivity contribution in [2.24, 2.45) is 0 Å². The molecule has 2 fully saturated rings. The number of benzene rings is 1. The average Bonchev–Trinajstić information content (AvgIpc) is 3.25. The number of carboxylic acid groups (broad SMARTS) is 1. The Labute approximate surface area is 204 Å². The molecule has 3 aromatic rings. The normalized spacial score (nSPS) is 18.6. The van der Waals surface area contributed by atoms with Crippen molar-refractivity contribution in [3.63, 3.8) is 0 Å². The van der Waals surface area contributed by atoms with E-state index in [1.54, 1.807) is 22.9 Å². The van der Waals surface area contributed by atoms with Crippen molar-refractivity contribution in [3.05, 3.63) is 47.5 Å². The number of carboxylic acids is 1. The molecule has 8 nitrogen and oxygen atoms in total. The summed E-state index contributed by atoms with van der Waals surface area (Å²) in [4.78, 5) is 23.8. The highest BCUT2D eigenvalue weighted by molar-refractivity contribution is 5.98. The number of piperazine rings is 1. The van der Waals surface area contributed by atoms with E-state index in [4.69, 9.17) is 5.10 Å². The molecule has 0 radical (unpaired) electrons. The van der Waals surface area contributed by atoms with E-state index in [-0.39, 0.29) is 17.4 Å². The lowest BCUT2D eigenvalue weighted by atomic mass is 10.0. The van der Waals surface area contributed by atoms with E-state index in [9.17, 15) is 14.3 Å². The molecule has 0 saturated carbocycles. The quantitative estimate of drug-likeness (QED) is 0.598. The molecule has 2 aliphatic rings. The van der Waals surface area contributed by atoms with Crippen LogP contribution >= 0.6 is 0 Å². The predicted octanol–water partition coefficient (Wildman–Crippen LogP) is 3.60. The fraction of sp³-hybridized carbons (Fsp3) is 0.500. The number of anilines is 1. The SMILES string of the molecule is CC(C)c1nn(-c2ccc(F)cc2)c2nc(C(=O)O)cc(N3CCN(C4CCN(C)CC4)CC3)c12. The first-order valence-electron chi connectivity index (χ1n) is 12.4. The third-order valence-electron chi connectivity index (χ3n) is 7.34. The Balaban J connectivity index is 1.53. The van der Waals surface area contributed by atoms with Crippen LogP contribution in [0.4, 0.5) is 10.1 Å². The highest BCUT2D eigenvalue weighted by Gasteiger charge is 2.30. The van der Waals surface area contributed by atoms with Gasteiger partial charge in [-0.3, -0.25) is 4.90 Å². The lowest BCUT2D eigenvalue weighted by Gasteiger charge is -2.43. The van der Waals surface area contributed by atoms with Crippen LogP contribution in [0.2, 0.25) is 0 Å². The van der Waals surface area contributed by atoms with Gasteiger partial charge in [-0.2, -0.15) is 5.10 Å². The Morgan fingerprint density at radius 1 is 1.06 bits per heavy atom. The lowest BCUT2D eigenvalue weighted by Crippen LogP contribution is -2.53. The summed E-state index contributed by atoms with van der Waals surface area (Å²) >= 11 is 0. The molecule has 1 aromatic carbocycles. The summed E-state index contributed by atoms with van der Waals surface area (Å²) < 4.78 is 15.2. The number of hydrogen-bond donors (Lipinski definition) is 1. The number of halogens is 1. The van der Waals surface area contributed by atoms with Crippen LogP contribution in [0.3, 0.4) is 0 Å². The highest BCUT2D eigenvalue weighted by atomic mass is 19.1. The largest absolute Gasteiger partial charge is 0.477 e. The van der Waals surface area contributed by atoms with Gasteiger partial charge in [-0.1, -0.05) is 13.8 Å². The zero-order valence-corrected chi connectivity index (χ0v) is 20.6. The summed E-state index contributed by atoms with van der Waals surface area (Å²) in [6, 6.07) is 8.35. The standard InChI is InChI=1S/C26H33FN6O2/c1-17(2)24-23-22(32-14-12-31(13-15-32)19-8-10-30(3)11-9-19)16-21(26(34)35)28-25(23)33(29-24)20-6-4-18(27)5-7-20/h4-7,16-17,19H,8-15H2,1-3H3,(H,34,35). The van der Waals surface area contributed by atoms with E-state index in [0.717, 1.165) is 56.0 Å². The molecule has 0 spiro atoms. The van der Waals surface area contributed by atoms with Gasteiger partial charge in [0.25, 0.3) is 0 Å². The highest BCUT2D eigenvalue weighted by Crippen LogP contribution is 2.35. The number of pyridine rings is 1. The van der Waals surface area contributed by atoms with E-state index < -0.39 is 5.97 Å². The minimum Gasteiger partial charge on any atom is -0.477 e. The molecule has 0 bridgehead atoms. The van der Waals surface area contributed by atoms with Gasteiger partial charge in [0.15, 0.2) is 11.3 Å². The molecule has 0 unspecified atom stereocenters. The second-order valence-corrected chi connectivity index (χ2v) is 10.0. The summed E-state index contributed by atoms with van der Waals surface area (Å²) in [6.07, 6.45) is 2.39. The monoisotopic (exact) mass is 480 g/mol. The number of nitrogens with zero attached hydrogens (tertiary/aromatic N) is 6. The molecular weight excluding hydrogens is 447 g/mol. The molecule has 4 heterocycles. The lowest BCUT2D eigenvalue weighted by molar-refractivity contribution is 0.0691. The van der Waals surface area contributed by atoms with Gasteiger partial charge in [0.1, 0.15) is 5.82 Å². The summed E-state index contributed by atoms with van der Waals surface area (Å²) in [5.74, 6) is -1.30. The fourth-order valence-electron chi connectivity index (χ4n) is 5.34. The second kappa shape index (κ2) is 9.54. The molecule has 0 aliphatic carbocycles. The van der Waals surface area contributed by atoms with Gasteiger partial charge >= 0.3 is 5.97 Å². The maximum absolute atomic E-state index is 13.6. The number of piperidine rings is 1. The summed E-state index contributed by atoms with van der Waals surface area (Å²) in [5, 5.41) is 15.6. The van der Waals surface area contributed by atoms with Gasteiger partial charge < -0.3 is 14.9 Å². The molecule has 2 aliphatic heterocycles. The van der Waals surface area contributed by atoms with Crippen LogP contribution in [0, 0.1) is 5.82 Å². The molecule has 9 heteroatoms. The Kier molecular flexibility index (Phi) is 6.46. The van der Waals surface area contributed by atoms with Crippen LogP contribution in [-0.2, 0) is 0 Å². The van der Waals surface area contributed by atoms with Gasteiger partial charge in [-0.25, -0.2) is 18.9 Å². The predicted molar refractivity (Wildman–Crippen MR) is 134 cm³/mol.